The van der Waals surface area contributed by atoms with Gasteiger partial charge in [-0.1, -0.05) is 0 Å². The highest BCUT2D eigenvalue weighted by Crippen LogP contribution is 2.47. The second kappa shape index (κ2) is 4.55. The van der Waals surface area contributed by atoms with Crippen LogP contribution < -0.4 is 0 Å². The van der Waals surface area contributed by atoms with E-state index in [1.165, 1.54) is 32.1 Å². The molecular formula is C16H22N2OS. The zero-order chi connectivity index (χ0) is 13.9. The summed E-state index contributed by atoms with van der Waals surface area (Å²) >= 11 is 1.57. The Bertz CT molecular complexity index is 539. The minimum atomic E-state index is 0.256. The topological polar surface area (TPSA) is 33.2 Å². The molecule has 4 aliphatic rings. The Balaban J connectivity index is 1.65. The Morgan fingerprint density at radius 2 is 1.75 bits per heavy atom. The number of aromatic nitrogens is 1. The van der Waals surface area contributed by atoms with Crippen molar-refractivity contribution in [2.24, 2.45) is 17.8 Å². The average molecular weight is 290 g/mol. The summed E-state index contributed by atoms with van der Waals surface area (Å²) in [5, 5.41) is 1.01. The Morgan fingerprint density at radius 3 is 2.35 bits per heavy atom. The van der Waals surface area contributed by atoms with Crippen LogP contribution in [0.1, 0.15) is 52.5 Å². The lowest BCUT2D eigenvalue weighted by Crippen LogP contribution is -2.42. The zero-order valence-corrected chi connectivity index (χ0v) is 13.1. The molecule has 2 aliphatic carbocycles. The molecule has 20 heavy (non-hydrogen) atoms. The van der Waals surface area contributed by atoms with Crippen molar-refractivity contribution in [3.05, 3.63) is 15.6 Å². The van der Waals surface area contributed by atoms with E-state index in [0.29, 0.717) is 6.04 Å². The second-order valence-corrected chi connectivity index (χ2v) is 8.24. The van der Waals surface area contributed by atoms with Crippen LogP contribution in [-0.4, -0.2) is 28.4 Å². The predicted octanol–water partition coefficient (Wildman–Crippen LogP) is 3.41. The molecule has 5 rings (SSSR count). The molecule has 2 atom stereocenters. The van der Waals surface area contributed by atoms with Gasteiger partial charge in [0.2, 0.25) is 0 Å². The van der Waals surface area contributed by atoms with Gasteiger partial charge in [0.1, 0.15) is 4.88 Å². The van der Waals surface area contributed by atoms with Gasteiger partial charge in [0.05, 0.1) is 10.7 Å². The highest BCUT2D eigenvalue weighted by atomic mass is 32.1. The fourth-order valence-corrected chi connectivity index (χ4v) is 5.77. The van der Waals surface area contributed by atoms with Crippen LogP contribution in [-0.2, 0) is 0 Å². The highest BCUT2D eigenvalue weighted by molar-refractivity contribution is 7.13. The molecule has 0 radical (unpaired) electrons. The number of carbonyl (C=O) groups excluding carboxylic acids is 1. The molecular weight excluding hydrogens is 268 g/mol. The van der Waals surface area contributed by atoms with E-state index >= 15 is 0 Å². The van der Waals surface area contributed by atoms with Crippen LogP contribution in [0.15, 0.2) is 0 Å². The van der Waals surface area contributed by atoms with Crippen molar-refractivity contribution >= 4 is 17.2 Å². The monoisotopic (exact) mass is 290 g/mol. The third-order valence-electron chi connectivity index (χ3n) is 5.47. The van der Waals surface area contributed by atoms with Gasteiger partial charge < -0.3 is 4.90 Å². The molecule has 2 unspecified atom stereocenters. The first-order chi connectivity index (χ1) is 9.60. The third kappa shape index (κ3) is 2.00. The standard InChI is InChI=1S/C16H22N2OS/c1-9-15(20-10(2)17-9)16(19)18-8-13-4-11-3-12(5-13)7-14(18)6-11/h11-14H,3-8H2,1-2H3. The van der Waals surface area contributed by atoms with Gasteiger partial charge >= 0.3 is 0 Å². The van der Waals surface area contributed by atoms with Gasteiger partial charge in [0.25, 0.3) is 5.91 Å². The van der Waals surface area contributed by atoms with Crippen LogP contribution in [0.3, 0.4) is 0 Å². The van der Waals surface area contributed by atoms with Crippen molar-refractivity contribution in [2.45, 2.75) is 52.0 Å². The molecule has 3 nitrogen and oxygen atoms in total. The van der Waals surface area contributed by atoms with Crippen molar-refractivity contribution in [3.63, 3.8) is 0 Å². The number of fused-ring (bicyclic) bond motifs is 1. The van der Waals surface area contributed by atoms with E-state index in [4.69, 9.17) is 0 Å². The van der Waals surface area contributed by atoms with Crippen LogP contribution in [0.25, 0.3) is 0 Å². The molecule has 0 N–H and O–H groups in total. The van der Waals surface area contributed by atoms with Crippen LogP contribution in [0.5, 0.6) is 0 Å². The van der Waals surface area contributed by atoms with Crippen molar-refractivity contribution in [1.82, 2.24) is 9.88 Å². The minimum absolute atomic E-state index is 0.256. The van der Waals surface area contributed by atoms with Gasteiger partial charge in [0, 0.05) is 12.6 Å². The first kappa shape index (κ1) is 12.8. The number of hydrogen-bond donors (Lipinski definition) is 0. The molecule has 3 heterocycles. The molecule has 2 saturated carbocycles. The number of amides is 1. The average Bonchev–Trinajstić information content (AvgIpc) is 2.60. The molecule has 1 aromatic heterocycles. The highest BCUT2D eigenvalue weighted by Gasteiger charge is 2.44. The Kier molecular flexibility index (Phi) is 2.92. The first-order valence-corrected chi connectivity index (χ1v) is 8.66. The molecule has 1 aromatic rings. The number of thiazole rings is 1. The largest absolute Gasteiger partial charge is 0.335 e. The van der Waals surface area contributed by atoms with E-state index in [1.807, 2.05) is 13.8 Å². The summed E-state index contributed by atoms with van der Waals surface area (Å²) in [5.74, 6) is 2.79. The molecule has 4 fully saturated rings. The van der Waals surface area contributed by atoms with Gasteiger partial charge in [-0.3, -0.25) is 4.79 Å². The van der Waals surface area contributed by atoms with E-state index in [2.05, 4.69) is 9.88 Å². The third-order valence-corrected chi connectivity index (χ3v) is 6.53. The number of aryl methyl sites for hydroxylation is 2. The molecule has 4 heteroatoms. The van der Waals surface area contributed by atoms with Gasteiger partial charge in [-0.25, -0.2) is 4.98 Å². The summed E-state index contributed by atoms with van der Waals surface area (Å²) in [7, 11) is 0. The normalized spacial score (nSPS) is 35.4. The van der Waals surface area contributed by atoms with Crippen LogP contribution in [0.2, 0.25) is 0 Å². The summed E-state index contributed by atoms with van der Waals surface area (Å²) in [6.07, 6.45) is 6.63. The fraction of sp³-hybridized carbons (Fsp3) is 0.750. The van der Waals surface area contributed by atoms with Crippen LogP contribution in [0.4, 0.5) is 0 Å². The van der Waals surface area contributed by atoms with E-state index in [-0.39, 0.29) is 5.91 Å². The Labute approximate surface area is 124 Å². The molecule has 2 saturated heterocycles. The maximum Gasteiger partial charge on any atom is 0.266 e. The van der Waals surface area contributed by atoms with Crippen LogP contribution >= 0.6 is 11.3 Å². The molecule has 0 aromatic carbocycles. The Morgan fingerprint density at radius 1 is 1.10 bits per heavy atom. The minimum Gasteiger partial charge on any atom is -0.335 e. The number of carbonyl (C=O) groups is 1. The molecule has 4 bridgehead atoms. The van der Waals surface area contributed by atoms with Crippen LogP contribution in [0, 0.1) is 31.6 Å². The quantitative estimate of drug-likeness (QED) is 0.794. The summed E-state index contributed by atoms with van der Waals surface area (Å²) in [4.78, 5) is 20.5. The molecule has 1 amide bonds. The number of nitrogens with zero attached hydrogens (tertiary/aromatic N) is 2. The van der Waals surface area contributed by atoms with E-state index in [0.717, 1.165) is 39.9 Å². The van der Waals surface area contributed by atoms with Crippen molar-refractivity contribution in [3.8, 4) is 0 Å². The van der Waals surface area contributed by atoms with Gasteiger partial charge in [0.15, 0.2) is 0 Å². The molecule has 108 valence electrons. The lowest BCUT2D eigenvalue weighted by Gasteiger charge is -2.38. The summed E-state index contributed by atoms with van der Waals surface area (Å²) in [6, 6.07) is 0.501. The lowest BCUT2D eigenvalue weighted by atomic mass is 9.68. The SMILES string of the molecule is Cc1nc(C)c(C(=O)N2CC3CC4CC(C3)CC2C4)s1. The van der Waals surface area contributed by atoms with Crippen molar-refractivity contribution in [2.75, 3.05) is 6.54 Å². The summed E-state index contributed by atoms with van der Waals surface area (Å²) < 4.78 is 0. The van der Waals surface area contributed by atoms with E-state index < -0.39 is 0 Å². The predicted molar refractivity (Wildman–Crippen MR) is 80.0 cm³/mol. The van der Waals surface area contributed by atoms with Crippen molar-refractivity contribution in [1.29, 1.82) is 0 Å². The first-order valence-electron chi connectivity index (χ1n) is 7.85. The number of hydrogen-bond acceptors (Lipinski definition) is 3. The lowest BCUT2D eigenvalue weighted by molar-refractivity contribution is 0.0636. The summed E-state index contributed by atoms with van der Waals surface area (Å²) in [5.41, 5.74) is 0.918. The molecule has 2 aliphatic heterocycles. The Hall–Kier alpha value is -0.900. The van der Waals surface area contributed by atoms with E-state index in [1.54, 1.807) is 11.3 Å². The van der Waals surface area contributed by atoms with E-state index in [9.17, 15) is 4.79 Å². The smallest absolute Gasteiger partial charge is 0.266 e. The van der Waals surface area contributed by atoms with Gasteiger partial charge in [-0.05, 0) is 63.7 Å². The van der Waals surface area contributed by atoms with Gasteiger partial charge in [-0.2, -0.15) is 0 Å². The fourth-order valence-electron chi connectivity index (χ4n) is 4.89. The van der Waals surface area contributed by atoms with Crippen molar-refractivity contribution < 1.29 is 4.79 Å². The number of rotatable bonds is 1. The van der Waals surface area contributed by atoms with Gasteiger partial charge in [-0.15, -0.1) is 11.3 Å². The maximum absolute atomic E-state index is 12.9. The second-order valence-electron chi connectivity index (χ2n) is 7.04. The zero-order valence-electron chi connectivity index (χ0n) is 12.3. The molecule has 0 spiro atoms. The maximum atomic E-state index is 12.9. The summed E-state index contributed by atoms with van der Waals surface area (Å²) in [6.45, 7) is 4.95.